The Morgan fingerprint density at radius 1 is 1.33 bits per heavy atom. The van der Waals surface area contributed by atoms with Crippen LogP contribution in [0, 0.1) is 18.8 Å². The van der Waals surface area contributed by atoms with E-state index >= 15 is 0 Å². The van der Waals surface area contributed by atoms with Gasteiger partial charge in [0, 0.05) is 11.7 Å². The van der Waals surface area contributed by atoms with E-state index in [9.17, 15) is 0 Å². The molecule has 0 heterocycles. The predicted molar refractivity (Wildman–Crippen MR) is 90.5 cm³/mol. The van der Waals surface area contributed by atoms with Gasteiger partial charge in [-0.1, -0.05) is 33.3 Å². The van der Waals surface area contributed by atoms with Gasteiger partial charge in [-0.3, -0.25) is 0 Å². The zero-order valence-corrected chi connectivity index (χ0v) is 13.9. The maximum atomic E-state index is 5.60. The summed E-state index contributed by atoms with van der Waals surface area (Å²) >= 11 is 0. The predicted octanol–water partition coefficient (Wildman–Crippen LogP) is 4.78. The number of aryl methyl sites for hydroxylation is 1. The van der Waals surface area contributed by atoms with Crippen molar-refractivity contribution in [2.45, 2.75) is 53.0 Å². The fourth-order valence-electron chi connectivity index (χ4n) is 3.25. The van der Waals surface area contributed by atoms with Crippen LogP contribution in [0.15, 0.2) is 24.8 Å². The first-order chi connectivity index (χ1) is 10.0. The average Bonchev–Trinajstić information content (AvgIpc) is 2.46. The number of benzene rings is 1. The van der Waals surface area contributed by atoms with Crippen molar-refractivity contribution in [3.63, 3.8) is 0 Å². The Morgan fingerprint density at radius 3 is 2.76 bits per heavy atom. The van der Waals surface area contributed by atoms with Crippen molar-refractivity contribution < 1.29 is 4.74 Å². The molecule has 1 fully saturated rings. The highest BCUT2D eigenvalue weighted by molar-refractivity contribution is 5.63. The van der Waals surface area contributed by atoms with Crippen LogP contribution in [0.4, 0.5) is 0 Å². The van der Waals surface area contributed by atoms with Gasteiger partial charge in [-0.05, 0) is 61.4 Å². The van der Waals surface area contributed by atoms with Crippen LogP contribution in [0.5, 0.6) is 5.75 Å². The van der Waals surface area contributed by atoms with Crippen LogP contribution in [-0.4, -0.2) is 12.6 Å². The van der Waals surface area contributed by atoms with Gasteiger partial charge in [0.1, 0.15) is 5.75 Å². The van der Waals surface area contributed by atoms with Gasteiger partial charge in [0.05, 0.1) is 6.61 Å². The SMILES string of the molecule is C=C(NC1CCCC(C)C1C)c1ccc(OCC)c(C)c1. The van der Waals surface area contributed by atoms with Crippen LogP contribution < -0.4 is 10.1 Å². The monoisotopic (exact) mass is 287 g/mol. The molecule has 3 unspecified atom stereocenters. The van der Waals surface area contributed by atoms with Crippen molar-refractivity contribution in [1.29, 1.82) is 0 Å². The molecular weight excluding hydrogens is 258 g/mol. The molecular formula is C19H29NO. The van der Waals surface area contributed by atoms with Crippen LogP contribution >= 0.6 is 0 Å². The van der Waals surface area contributed by atoms with Crippen molar-refractivity contribution >= 4 is 5.70 Å². The maximum absolute atomic E-state index is 5.60. The van der Waals surface area contributed by atoms with Crippen molar-refractivity contribution in [1.82, 2.24) is 5.32 Å². The lowest BCUT2D eigenvalue weighted by Crippen LogP contribution is -2.39. The molecule has 1 aromatic carbocycles. The minimum Gasteiger partial charge on any atom is -0.494 e. The molecule has 0 spiro atoms. The van der Waals surface area contributed by atoms with Gasteiger partial charge >= 0.3 is 0 Å². The lowest BCUT2D eigenvalue weighted by molar-refractivity contribution is 0.223. The van der Waals surface area contributed by atoms with E-state index in [4.69, 9.17) is 4.74 Å². The van der Waals surface area contributed by atoms with E-state index in [0.717, 1.165) is 17.4 Å². The first-order valence-corrected chi connectivity index (χ1v) is 8.22. The molecule has 0 aromatic heterocycles. The van der Waals surface area contributed by atoms with Crippen molar-refractivity contribution in [3.8, 4) is 5.75 Å². The van der Waals surface area contributed by atoms with Crippen LogP contribution in [0.2, 0.25) is 0 Å². The van der Waals surface area contributed by atoms with E-state index in [1.165, 1.54) is 30.4 Å². The molecule has 21 heavy (non-hydrogen) atoms. The van der Waals surface area contributed by atoms with E-state index in [1.54, 1.807) is 0 Å². The Morgan fingerprint density at radius 2 is 2.10 bits per heavy atom. The van der Waals surface area contributed by atoms with Crippen molar-refractivity contribution in [2.75, 3.05) is 6.61 Å². The lowest BCUT2D eigenvalue weighted by atomic mass is 9.78. The fraction of sp³-hybridized carbons (Fsp3) is 0.579. The highest BCUT2D eigenvalue weighted by Crippen LogP contribution is 2.31. The highest BCUT2D eigenvalue weighted by Gasteiger charge is 2.27. The van der Waals surface area contributed by atoms with E-state index in [-0.39, 0.29) is 0 Å². The summed E-state index contributed by atoms with van der Waals surface area (Å²) in [7, 11) is 0. The maximum Gasteiger partial charge on any atom is 0.122 e. The largest absolute Gasteiger partial charge is 0.494 e. The molecule has 0 radical (unpaired) electrons. The second kappa shape index (κ2) is 7.02. The van der Waals surface area contributed by atoms with Gasteiger partial charge < -0.3 is 10.1 Å². The standard InChI is InChI=1S/C19H29NO/c1-6-21-19-11-10-17(12-14(19)3)16(5)20-18-9-7-8-13(2)15(18)4/h10-13,15,18,20H,5-9H2,1-4H3. The van der Waals surface area contributed by atoms with Crippen LogP contribution in [0.25, 0.3) is 5.70 Å². The van der Waals surface area contributed by atoms with Gasteiger partial charge in [-0.25, -0.2) is 0 Å². The second-order valence-electron chi connectivity index (χ2n) is 6.41. The van der Waals surface area contributed by atoms with Gasteiger partial charge in [-0.15, -0.1) is 0 Å². The zero-order valence-electron chi connectivity index (χ0n) is 13.9. The molecule has 0 amide bonds. The summed E-state index contributed by atoms with van der Waals surface area (Å²) in [4.78, 5) is 0. The Hall–Kier alpha value is -1.44. The third-order valence-corrected chi connectivity index (χ3v) is 4.89. The van der Waals surface area contributed by atoms with Crippen molar-refractivity contribution in [2.24, 2.45) is 11.8 Å². The lowest BCUT2D eigenvalue weighted by Gasteiger charge is -2.35. The Bertz CT molecular complexity index is 494. The van der Waals surface area contributed by atoms with Gasteiger partial charge in [0.2, 0.25) is 0 Å². The quantitative estimate of drug-likeness (QED) is 0.841. The smallest absolute Gasteiger partial charge is 0.122 e. The summed E-state index contributed by atoms with van der Waals surface area (Å²) in [6, 6.07) is 6.86. The van der Waals surface area contributed by atoms with Crippen LogP contribution in [0.1, 0.15) is 51.2 Å². The highest BCUT2D eigenvalue weighted by atomic mass is 16.5. The molecule has 1 aliphatic rings. The molecule has 0 bridgehead atoms. The molecule has 0 saturated heterocycles. The summed E-state index contributed by atoms with van der Waals surface area (Å²) in [5.41, 5.74) is 3.37. The third-order valence-electron chi connectivity index (χ3n) is 4.89. The molecule has 1 aromatic rings. The molecule has 2 rings (SSSR count). The average molecular weight is 287 g/mol. The molecule has 116 valence electrons. The Labute approximate surface area is 129 Å². The minimum absolute atomic E-state index is 0.549. The molecule has 1 saturated carbocycles. The minimum atomic E-state index is 0.549. The van der Waals surface area contributed by atoms with Gasteiger partial charge in [0.25, 0.3) is 0 Å². The summed E-state index contributed by atoms with van der Waals surface area (Å²) in [5, 5.41) is 3.66. The zero-order chi connectivity index (χ0) is 15.4. The molecule has 2 heteroatoms. The summed E-state index contributed by atoms with van der Waals surface area (Å²) in [6.07, 6.45) is 3.92. The topological polar surface area (TPSA) is 21.3 Å². The molecule has 2 nitrogen and oxygen atoms in total. The Balaban J connectivity index is 2.04. The summed E-state index contributed by atoms with van der Waals surface area (Å²) in [5.74, 6) is 2.47. The first kappa shape index (κ1) is 15.9. The van der Waals surface area contributed by atoms with E-state index in [1.807, 2.05) is 13.0 Å². The van der Waals surface area contributed by atoms with Gasteiger partial charge in [-0.2, -0.15) is 0 Å². The number of hydrogen-bond donors (Lipinski definition) is 1. The first-order valence-electron chi connectivity index (χ1n) is 8.22. The number of nitrogens with one attached hydrogen (secondary N) is 1. The third kappa shape index (κ3) is 3.81. The number of ether oxygens (including phenoxy) is 1. The number of hydrogen-bond acceptors (Lipinski definition) is 2. The van der Waals surface area contributed by atoms with E-state index in [0.29, 0.717) is 18.6 Å². The van der Waals surface area contributed by atoms with Crippen molar-refractivity contribution in [3.05, 3.63) is 35.9 Å². The van der Waals surface area contributed by atoms with Crippen LogP contribution in [0.3, 0.4) is 0 Å². The molecule has 1 aliphatic carbocycles. The summed E-state index contributed by atoms with van der Waals surface area (Å²) in [6.45, 7) is 13.8. The number of rotatable bonds is 5. The molecule has 0 aliphatic heterocycles. The van der Waals surface area contributed by atoms with E-state index in [2.05, 4.69) is 44.8 Å². The molecule has 3 atom stereocenters. The van der Waals surface area contributed by atoms with Crippen LogP contribution in [-0.2, 0) is 0 Å². The Kier molecular flexibility index (Phi) is 5.33. The van der Waals surface area contributed by atoms with E-state index < -0.39 is 0 Å². The van der Waals surface area contributed by atoms with Gasteiger partial charge in [0.15, 0.2) is 0 Å². The normalized spacial score (nSPS) is 25.4. The summed E-state index contributed by atoms with van der Waals surface area (Å²) < 4.78 is 5.60. The molecule has 1 N–H and O–H groups in total. The second-order valence-corrected chi connectivity index (χ2v) is 6.41. The fourth-order valence-corrected chi connectivity index (χ4v) is 3.25.